The number of thiophene rings is 1. The predicted molar refractivity (Wildman–Crippen MR) is 83.4 cm³/mol. The lowest BCUT2D eigenvalue weighted by Crippen LogP contribution is -2.27. The molecule has 7 heteroatoms. The van der Waals surface area contributed by atoms with Gasteiger partial charge in [0.2, 0.25) is 11.8 Å². The third kappa shape index (κ3) is 3.62. The fourth-order valence-electron chi connectivity index (χ4n) is 2.08. The van der Waals surface area contributed by atoms with E-state index in [4.69, 9.17) is 4.42 Å². The smallest absolute Gasteiger partial charge is 0.236 e. The number of carbonyl (C=O) groups excluding carboxylic acids is 1. The van der Waals surface area contributed by atoms with E-state index in [1.165, 1.54) is 6.26 Å². The monoisotopic (exact) mass is 316 g/mol. The van der Waals surface area contributed by atoms with Crippen molar-refractivity contribution in [1.82, 2.24) is 20.1 Å². The summed E-state index contributed by atoms with van der Waals surface area (Å²) in [5.41, 5.74) is 1.74. The van der Waals surface area contributed by atoms with Gasteiger partial charge in [0, 0.05) is 19.8 Å². The van der Waals surface area contributed by atoms with E-state index in [0.29, 0.717) is 18.1 Å². The zero-order valence-corrected chi connectivity index (χ0v) is 13.0. The second-order valence-corrected chi connectivity index (χ2v) is 5.87. The Kier molecular flexibility index (Phi) is 4.34. The van der Waals surface area contributed by atoms with Gasteiger partial charge in [0.25, 0.3) is 0 Å². The molecule has 3 aromatic heterocycles. The first-order valence-corrected chi connectivity index (χ1v) is 7.81. The van der Waals surface area contributed by atoms with Crippen molar-refractivity contribution >= 4 is 17.2 Å². The van der Waals surface area contributed by atoms with Gasteiger partial charge in [0.1, 0.15) is 6.26 Å². The minimum absolute atomic E-state index is 0.0603. The van der Waals surface area contributed by atoms with Gasteiger partial charge in [0.15, 0.2) is 0 Å². The quantitative estimate of drug-likeness (QED) is 0.755. The average Bonchev–Trinajstić information content (AvgIpc) is 3.20. The number of aryl methyl sites for hydroxylation is 1. The number of rotatable bonds is 6. The molecule has 0 unspecified atom stereocenters. The predicted octanol–water partition coefficient (Wildman–Crippen LogP) is 2.04. The molecule has 1 amide bonds. The molecule has 0 radical (unpaired) electrons. The molecule has 0 bridgehead atoms. The number of hydrogen-bond donors (Lipinski definition) is 1. The Bertz CT molecular complexity index is 745. The molecule has 0 saturated heterocycles. The second-order valence-electron chi connectivity index (χ2n) is 4.92. The Morgan fingerprint density at radius 2 is 2.41 bits per heavy atom. The van der Waals surface area contributed by atoms with E-state index >= 15 is 0 Å². The lowest BCUT2D eigenvalue weighted by atomic mass is 10.2. The van der Waals surface area contributed by atoms with Gasteiger partial charge in [-0.25, -0.2) is 4.98 Å². The van der Waals surface area contributed by atoms with Crippen LogP contribution in [0.4, 0.5) is 0 Å². The van der Waals surface area contributed by atoms with E-state index in [1.807, 2.05) is 30.8 Å². The van der Waals surface area contributed by atoms with E-state index in [0.717, 1.165) is 16.9 Å². The molecule has 3 heterocycles. The Balaban J connectivity index is 1.47. The van der Waals surface area contributed by atoms with Crippen molar-refractivity contribution in [3.63, 3.8) is 0 Å². The van der Waals surface area contributed by atoms with Crippen molar-refractivity contribution in [2.45, 2.75) is 12.8 Å². The number of oxazole rings is 1. The highest BCUT2D eigenvalue weighted by Gasteiger charge is 2.10. The van der Waals surface area contributed by atoms with Crippen LogP contribution in [-0.2, 0) is 24.7 Å². The van der Waals surface area contributed by atoms with Crippen LogP contribution in [0, 0.1) is 0 Å². The number of carbonyl (C=O) groups is 1. The van der Waals surface area contributed by atoms with E-state index in [-0.39, 0.29) is 12.3 Å². The number of amides is 1. The third-order valence-electron chi connectivity index (χ3n) is 3.12. The molecule has 3 rings (SSSR count). The Morgan fingerprint density at radius 1 is 1.50 bits per heavy atom. The fraction of sp³-hybridized carbons (Fsp3) is 0.267. The molecule has 1 N–H and O–H groups in total. The maximum atomic E-state index is 11.9. The number of aromatic nitrogens is 3. The molecule has 6 nitrogen and oxygen atoms in total. The first-order chi connectivity index (χ1) is 10.7. The largest absolute Gasteiger partial charge is 0.444 e. The van der Waals surface area contributed by atoms with Crippen LogP contribution in [0.3, 0.4) is 0 Å². The van der Waals surface area contributed by atoms with Gasteiger partial charge in [-0.1, -0.05) is 6.07 Å². The molecule has 114 valence electrons. The topological polar surface area (TPSA) is 73.0 Å². The highest BCUT2D eigenvalue weighted by Crippen LogP contribution is 2.23. The molecule has 0 spiro atoms. The Hall–Kier alpha value is -2.41. The maximum Gasteiger partial charge on any atom is 0.236 e. The standard InChI is InChI=1S/C15H16N4O2S/c1-19-9-11(8-17-19)4-5-16-14(20)7-12-10-21-15(18-12)13-3-2-6-22-13/h2-3,6,8-10H,4-5,7H2,1H3,(H,16,20). The second kappa shape index (κ2) is 6.57. The van der Waals surface area contributed by atoms with Gasteiger partial charge in [0.05, 0.1) is 23.2 Å². The summed E-state index contributed by atoms with van der Waals surface area (Å²) in [6.07, 6.45) is 6.27. The molecule has 0 aliphatic heterocycles. The normalized spacial score (nSPS) is 10.8. The summed E-state index contributed by atoms with van der Waals surface area (Å²) in [6, 6.07) is 3.88. The summed E-state index contributed by atoms with van der Waals surface area (Å²) in [7, 11) is 1.87. The Labute approximate surface area is 131 Å². The van der Waals surface area contributed by atoms with Crippen LogP contribution in [0.25, 0.3) is 10.8 Å². The van der Waals surface area contributed by atoms with Crippen LogP contribution in [0.5, 0.6) is 0 Å². The molecular formula is C15H16N4O2S. The van der Waals surface area contributed by atoms with E-state index in [2.05, 4.69) is 15.4 Å². The molecule has 0 atom stereocenters. The third-order valence-corrected chi connectivity index (χ3v) is 3.98. The number of nitrogens with one attached hydrogen (secondary N) is 1. The lowest BCUT2D eigenvalue weighted by Gasteiger charge is -2.02. The molecular weight excluding hydrogens is 300 g/mol. The summed E-state index contributed by atoms with van der Waals surface area (Å²) in [5.74, 6) is 0.503. The van der Waals surface area contributed by atoms with Gasteiger partial charge in [-0.2, -0.15) is 5.10 Å². The highest BCUT2D eigenvalue weighted by molar-refractivity contribution is 7.13. The van der Waals surface area contributed by atoms with Gasteiger partial charge < -0.3 is 9.73 Å². The minimum Gasteiger partial charge on any atom is -0.444 e. The minimum atomic E-state index is -0.0603. The summed E-state index contributed by atoms with van der Waals surface area (Å²) in [4.78, 5) is 17.2. The molecule has 0 aromatic carbocycles. The van der Waals surface area contributed by atoms with Crippen LogP contribution >= 0.6 is 11.3 Å². The van der Waals surface area contributed by atoms with Gasteiger partial charge >= 0.3 is 0 Å². The molecule has 22 heavy (non-hydrogen) atoms. The zero-order chi connectivity index (χ0) is 15.4. The highest BCUT2D eigenvalue weighted by atomic mass is 32.1. The van der Waals surface area contributed by atoms with Crippen LogP contribution in [-0.4, -0.2) is 27.2 Å². The van der Waals surface area contributed by atoms with Gasteiger partial charge in [-0.3, -0.25) is 9.48 Å². The lowest BCUT2D eigenvalue weighted by molar-refractivity contribution is -0.120. The van der Waals surface area contributed by atoms with Crippen molar-refractivity contribution < 1.29 is 9.21 Å². The SMILES string of the molecule is Cn1cc(CCNC(=O)Cc2coc(-c3cccs3)n2)cn1. The van der Waals surface area contributed by atoms with Crippen molar-refractivity contribution in [1.29, 1.82) is 0 Å². The molecule has 0 aliphatic carbocycles. The van der Waals surface area contributed by atoms with Gasteiger partial charge in [-0.05, 0) is 23.4 Å². The van der Waals surface area contributed by atoms with E-state index in [1.54, 1.807) is 22.2 Å². The average molecular weight is 316 g/mol. The summed E-state index contributed by atoms with van der Waals surface area (Å²) in [5, 5.41) is 8.93. The van der Waals surface area contributed by atoms with E-state index < -0.39 is 0 Å². The van der Waals surface area contributed by atoms with Crippen molar-refractivity contribution in [3.05, 3.63) is 47.4 Å². The molecule has 0 fully saturated rings. The Morgan fingerprint density at radius 3 is 3.14 bits per heavy atom. The van der Waals surface area contributed by atoms with Crippen molar-refractivity contribution in [2.75, 3.05) is 6.54 Å². The van der Waals surface area contributed by atoms with Crippen LogP contribution in [0.1, 0.15) is 11.3 Å². The van der Waals surface area contributed by atoms with Crippen LogP contribution < -0.4 is 5.32 Å². The molecule has 0 aliphatic rings. The van der Waals surface area contributed by atoms with Gasteiger partial charge in [-0.15, -0.1) is 11.3 Å². The summed E-state index contributed by atoms with van der Waals surface area (Å²) >= 11 is 1.56. The summed E-state index contributed by atoms with van der Waals surface area (Å²) in [6.45, 7) is 0.583. The molecule has 0 saturated carbocycles. The summed E-state index contributed by atoms with van der Waals surface area (Å²) < 4.78 is 7.14. The first kappa shape index (κ1) is 14.5. The first-order valence-electron chi connectivity index (χ1n) is 6.93. The molecule has 3 aromatic rings. The van der Waals surface area contributed by atoms with Crippen LogP contribution in [0.15, 0.2) is 40.6 Å². The maximum absolute atomic E-state index is 11.9. The van der Waals surface area contributed by atoms with Crippen molar-refractivity contribution in [2.24, 2.45) is 7.05 Å². The zero-order valence-electron chi connectivity index (χ0n) is 12.2. The van der Waals surface area contributed by atoms with Crippen molar-refractivity contribution in [3.8, 4) is 10.8 Å². The number of hydrogen-bond acceptors (Lipinski definition) is 5. The number of nitrogens with zero attached hydrogens (tertiary/aromatic N) is 3. The van der Waals surface area contributed by atoms with Crippen LogP contribution in [0.2, 0.25) is 0 Å². The van der Waals surface area contributed by atoms with E-state index in [9.17, 15) is 4.79 Å². The fourth-order valence-corrected chi connectivity index (χ4v) is 2.73.